The summed E-state index contributed by atoms with van der Waals surface area (Å²) in [5.41, 5.74) is -1.97. The molecule has 0 unspecified atom stereocenters. The van der Waals surface area contributed by atoms with E-state index in [9.17, 15) is 19.7 Å². The molecule has 0 saturated carbocycles. The molecular weight excluding hydrogens is 282 g/mol. The lowest BCUT2D eigenvalue weighted by Gasteiger charge is -2.06. The lowest BCUT2D eigenvalue weighted by atomic mass is 10.5. The minimum atomic E-state index is -0.862. The zero-order chi connectivity index (χ0) is 12.3. The van der Waals surface area contributed by atoms with Gasteiger partial charge in [-0.05, 0) is 6.92 Å². The van der Waals surface area contributed by atoms with E-state index >= 15 is 0 Å². The Morgan fingerprint density at radius 3 is 2.56 bits per heavy atom. The molecule has 0 fully saturated rings. The number of aromatic nitrogens is 2. The van der Waals surface area contributed by atoms with Gasteiger partial charge in [0.15, 0.2) is 0 Å². The van der Waals surface area contributed by atoms with E-state index in [-0.39, 0.29) is 13.1 Å². The first kappa shape index (κ1) is 12.6. The van der Waals surface area contributed by atoms with Gasteiger partial charge in [-0.3, -0.25) is 24.0 Å². The average molecular weight is 292 g/mol. The molecule has 88 valence electrons. The van der Waals surface area contributed by atoms with Crippen LogP contribution < -0.4 is 11.2 Å². The van der Waals surface area contributed by atoms with Crippen molar-refractivity contribution in [2.45, 2.75) is 20.0 Å². The molecule has 0 bridgehead atoms. The highest BCUT2D eigenvalue weighted by atomic mass is 79.9. The molecule has 7 nitrogen and oxygen atoms in total. The molecule has 0 aliphatic carbocycles. The Balaban J connectivity index is 3.58. The second-order valence-corrected chi connectivity index (χ2v) is 3.78. The van der Waals surface area contributed by atoms with Gasteiger partial charge in [-0.1, -0.05) is 15.9 Å². The third-order valence-corrected chi connectivity index (χ3v) is 2.42. The van der Waals surface area contributed by atoms with Crippen molar-refractivity contribution in [2.75, 3.05) is 5.33 Å². The number of halogens is 1. The summed E-state index contributed by atoms with van der Waals surface area (Å²) in [4.78, 5) is 33.1. The van der Waals surface area contributed by atoms with Crippen LogP contribution in [0.3, 0.4) is 0 Å². The molecule has 1 rings (SSSR count). The van der Waals surface area contributed by atoms with Crippen LogP contribution in [0.25, 0.3) is 0 Å². The molecule has 0 N–H and O–H groups in total. The van der Waals surface area contributed by atoms with Crippen molar-refractivity contribution in [1.82, 2.24) is 9.13 Å². The molecule has 0 amide bonds. The van der Waals surface area contributed by atoms with Gasteiger partial charge in [0.2, 0.25) is 0 Å². The first-order valence-corrected chi connectivity index (χ1v) is 5.69. The standard InChI is InChI=1S/C8H10BrN3O4/c1-2-10-5-6(12(15)16)7(13)11(4-3-9)8(10)14/h5H,2-4H2,1H3. The molecule has 1 heterocycles. The van der Waals surface area contributed by atoms with Crippen LogP contribution in [0, 0.1) is 10.1 Å². The second-order valence-electron chi connectivity index (χ2n) is 2.99. The Morgan fingerprint density at radius 2 is 2.12 bits per heavy atom. The molecule has 0 radical (unpaired) electrons. The average Bonchev–Trinajstić information content (AvgIpc) is 2.24. The van der Waals surface area contributed by atoms with Gasteiger partial charge < -0.3 is 0 Å². The lowest BCUT2D eigenvalue weighted by Crippen LogP contribution is -2.40. The Hall–Kier alpha value is -1.44. The van der Waals surface area contributed by atoms with E-state index in [4.69, 9.17) is 0 Å². The van der Waals surface area contributed by atoms with Crippen LogP contribution in [0.15, 0.2) is 15.8 Å². The molecule has 1 aromatic heterocycles. The molecule has 0 atom stereocenters. The molecule has 0 aromatic carbocycles. The zero-order valence-electron chi connectivity index (χ0n) is 8.55. The minimum absolute atomic E-state index is 0.110. The first-order valence-electron chi connectivity index (χ1n) is 4.57. The Kier molecular flexibility index (Phi) is 3.99. The summed E-state index contributed by atoms with van der Waals surface area (Å²) in [5.74, 6) is 0. The minimum Gasteiger partial charge on any atom is -0.294 e. The van der Waals surface area contributed by atoms with E-state index in [1.807, 2.05) is 0 Å². The number of aryl methyl sites for hydroxylation is 1. The molecule has 1 aromatic rings. The van der Waals surface area contributed by atoms with Crippen molar-refractivity contribution in [2.24, 2.45) is 0 Å². The van der Waals surface area contributed by atoms with Crippen molar-refractivity contribution in [3.05, 3.63) is 37.1 Å². The van der Waals surface area contributed by atoms with E-state index in [2.05, 4.69) is 15.9 Å². The number of rotatable bonds is 4. The van der Waals surface area contributed by atoms with Gasteiger partial charge in [0.05, 0.1) is 11.1 Å². The largest absolute Gasteiger partial charge is 0.350 e. The van der Waals surface area contributed by atoms with Crippen molar-refractivity contribution >= 4 is 21.6 Å². The SMILES string of the molecule is CCn1cc([N+](=O)[O-])c(=O)n(CCBr)c1=O. The molecule has 16 heavy (non-hydrogen) atoms. The van der Waals surface area contributed by atoms with Gasteiger partial charge in [0.1, 0.15) is 0 Å². The van der Waals surface area contributed by atoms with Crippen molar-refractivity contribution < 1.29 is 4.92 Å². The summed E-state index contributed by atoms with van der Waals surface area (Å²) in [6, 6.07) is 0. The second kappa shape index (κ2) is 5.06. The highest BCUT2D eigenvalue weighted by Crippen LogP contribution is 2.00. The van der Waals surface area contributed by atoms with Crippen LogP contribution in [-0.2, 0) is 13.1 Å². The molecule has 0 aliphatic heterocycles. The van der Waals surface area contributed by atoms with E-state index < -0.39 is 21.9 Å². The number of nitro groups is 1. The van der Waals surface area contributed by atoms with Gasteiger partial charge in [0, 0.05) is 18.4 Å². The topological polar surface area (TPSA) is 87.1 Å². The normalized spacial score (nSPS) is 10.4. The van der Waals surface area contributed by atoms with Crippen LogP contribution in [0.5, 0.6) is 0 Å². The van der Waals surface area contributed by atoms with E-state index in [0.29, 0.717) is 5.33 Å². The summed E-state index contributed by atoms with van der Waals surface area (Å²) in [5, 5.41) is 11.0. The van der Waals surface area contributed by atoms with Crippen LogP contribution in [-0.4, -0.2) is 19.4 Å². The number of hydrogen-bond acceptors (Lipinski definition) is 4. The van der Waals surface area contributed by atoms with Crippen molar-refractivity contribution in [3.63, 3.8) is 0 Å². The van der Waals surface area contributed by atoms with Gasteiger partial charge in [-0.15, -0.1) is 0 Å². The van der Waals surface area contributed by atoms with E-state index in [0.717, 1.165) is 15.3 Å². The van der Waals surface area contributed by atoms with Crippen molar-refractivity contribution in [1.29, 1.82) is 0 Å². The third kappa shape index (κ3) is 2.21. The van der Waals surface area contributed by atoms with Crippen molar-refractivity contribution in [3.8, 4) is 0 Å². The summed E-state index contributed by atoms with van der Waals surface area (Å²) in [7, 11) is 0. The van der Waals surface area contributed by atoms with E-state index in [1.54, 1.807) is 6.92 Å². The molecule has 0 saturated heterocycles. The maximum Gasteiger partial charge on any atom is 0.350 e. The number of nitrogens with zero attached hydrogens (tertiary/aromatic N) is 3. The monoisotopic (exact) mass is 291 g/mol. The van der Waals surface area contributed by atoms with Gasteiger partial charge in [-0.2, -0.15) is 0 Å². The van der Waals surface area contributed by atoms with Crippen LogP contribution in [0.2, 0.25) is 0 Å². The first-order chi connectivity index (χ1) is 7.52. The zero-order valence-corrected chi connectivity index (χ0v) is 10.1. The fourth-order valence-electron chi connectivity index (χ4n) is 1.27. The maximum atomic E-state index is 11.7. The molecule has 8 heteroatoms. The highest BCUT2D eigenvalue weighted by Gasteiger charge is 2.18. The quantitative estimate of drug-likeness (QED) is 0.454. The summed E-state index contributed by atoms with van der Waals surface area (Å²) >= 11 is 3.08. The summed E-state index contributed by atoms with van der Waals surface area (Å²) in [6.07, 6.45) is 0.982. The van der Waals surface area contributed by atoms with Crippen LogP contribution in [0.1, 0.15) is 6.92 Å². The Bertz CT molecular complexity index is 519. The lowest BCUT2D eigenvalue weighted by molar-refractivity contribution is -0.387. The number of alkyl halides is 1. The maximum absolute atomic E-state index is 11.7. The van der Waals surface area contributed by atoms with Crippen LogP contribution >= 0.6 is 15.9 Å². The molecular formula is C8H10BrN3O4. The Labute approximate surface area is 98.6 Å². The van der Waals surface area contributed by atoms with Gasteiger partial charge in [0.25, 0.3) is 0 Å². The van der Waals surface area contributed by atoms with E-state index in [1.165, 1.54) is 0 Å². The fraction of sp³-hybridized carbons (Fsp3) is 0.500. The number of hydrogen-bond donors (Lipinski definition) is 0. The smallest absolute Gasteiger partial charge is 0.294 e. The summed E-state index contributed by atoms with van der Waals surface area (Å²) < 4.78 is 2.00. The Morgan fingerprint density at radius 1 is 1.50 bits per heavy atom. The molecule has 0 spiro atoms. The fourth-order valence-corrected chi connectivity index (χ4v) is 1.63. The van der Waals surface area contributed by atoms with Gasteiger partial charge in [-0.25, -0.2) is 4.79 Å². The van der Waals surface area contributed by atoms with Crippen LogP contribution in [0.4, 0.5) is 5.69 Å². The predicted molar refractivity (Wildman–Crippen MR) is 61.1 cm³/mol. The highest BCUT2D eigenvalue weighted by molar-refractivity contribution is 9.09. The molecule has 0 aliphatic rings. The van der Waals surface area contributed by atoms with Gasteiger partial charge >= 0.3 is 16.9 Å². The third-order valence-electron chi connectivity index (χ3n) is 2.06. The predicted octanol–water partition coefficient (Wildman–Crippen LogP) is 0.333. The summed E-state index contributed by atoms with van der Waals surface area (Å²) in [6.45, 7) is 2.07.